The molecule has 1 amide bonds. The Labute approximate surface area is 167 Å². The summed E-state index contributed by atoms with van der Waals surface area (Å²) in [5.41, 5.74) is 2.95. The van der Waals surface area contributed by atoms with E-state index in [1.807, 2.05) is 30.5 Å². The fraction of sp³-hybridized carbons (Fsp3) is 0.238. The molecule has 0 atom stereocenters. The molecule has 1 aliphatic rings. The Morgan fingerprint density at radius 2 is 2.04 bits per heavy atom. The standard InChI is InChI=1S/C21H19ClFN3O2/c22-18-11-15(23)6-9-19(18)28-13-20(27)25-16-7-4-14(5-8-16)21-24-12-17-3-1-2-10-26(17)21/h4-9,11-12H,1-3,10,13H2,(H,25,27). The first-order chi connectivity index (χ1) is 13.6. The number of rotatable bonds is 5. The van der Waals surface area contributed by atoms with Gasteiger partial charge in [0.05, 0.1) is 5.02 Å². The maximum absolute atomic E-state index is 13.0. The van der Waals surface area contributed by atoms with Gasteiger partial charge in [-0.25, -0.2) is 9.37 Å². The van der Waals surface area contributed by atoms with E-state index in [9.17, 15) is 9.18 Å². The van der Waals surface area contributed by atoms with Crippen molar-refractivity contribution < 1.29 is 13.9 Å². The molecule has 144 valence electrons. The number of aryl methyl sites for hydroxylation is 1. The molecule has 7 heteroatoms. The van der Waals surface area contributed by atoms with Crippen LogP contribution in [0.25, 0.3) is 11.4 Å². The molecule has 0 bridgehead atoms. The molecule has 4 rings (SSSR count). The highest BCUT2D eigenvalue weighted by molar-refractivity contribution is 6.32. The second-order valence-electron chi connectivity index (χ2n) is 6.67. The molecule has 2 heterocycles. The second kappa shape index (κ2) is 8.02. The van der Waals surface area contributed by atoms with E-state index in [1.165, 1.54) is 30.7 Å². The Balaban J connectivity index is 1.38. The molecule has 1 N–H and O–H groups in total. The van der Waals surface area contributed by atoms with Crippen molar-refractivity contribution in [1.82, 2.24) is 9.55 Å². The first-order valence-corrected chi connectivity index (χ1v) is 9.50. The van der Waals surface area contributed by atoms with Crippen molar-refractivity contribution in [2.75, 3.05) is 11.9 Å². The van der Waals surface area contributed by atoms with E-state index in [4.69, 9.17) is 16.3 Å². The van der Waals surface area contributed by atoms with Crippen LogP contribution in [0.2, 0.25) is 5.02 Å². The van der Waals surface area contributed by atoms with Gasteiger partial charge in [-0.15, -0.1) is 0 Å². The van der Waals surface area contributed by atoms with Crippen LogP contribution in [0.4, 0.5) is 10.1 Å². The Hall–Kier alpha value is -2.86. The Kier molecular flexibility index (Phi) is 5.30. The molecule has 0 aliphatic carbocycles. The van der Waals surface area contributed by atoms with Crippen LogP contribution in [0.3, 0.4) is 0 Å². The van der Waals surface area contributed by atoms with Crippen molar-refractivity contribution in [3.8, 4) is 17.1 Å². The zero-order chi connectivity index (χ0) is 19.5. The van der Waals surface area contributed by atoms with Crippen molar-refractivity contribution in [3.63, 3.8) is 0 Å². The molecule has 1 aliphatic heterocycles. The van der Waals surface area contributed by atoms with Crippen LogP contribution in [0.5, 0.6) is 5.75 Å². The summed E-state index contributed by atoms with van der Waals surface area (Å²) in [6, 6.07) is 11.3. The zero-order valence-electron chi connectivity index (χ0n) is 15.1. The van der Waals surface area contributed by atoms with E-state index in [1.54, 1.807) is 0 Å². The van der Waals surface area contributed by atoms with Gasteiger partial charge in [-0.1, -0.05) is 11.6 Å². The predicted molar refractivity (Wildman–Crippen MR) is 106 cm³/mol. The number of nitrogens with zero attached hydrogens (tertiary/aromatic N) is 2. The van der Waals surface area contributed by atoms with Gasteiger partial charge in [0.25, 0.3) is 5.91 Å². The molecule has 0 radical (unpaired) electrons. The number of nitrogens with one attached hydrogen (secondary N) is 1. The predicted octanol–water partition coefficient (Wildman–Crippen LogP) is 4.70. The normalized spacial score (nSPS) is 13.1. The number of ether oxygens (including phenoxy) is 1. The molecule has 0 saturated heterocycles. The van der Waals surface area contributed by atoms with Crippen LogP contribution in [-0.2, 0) is 17.8 Å². The fourth-order valence-electron chi connectivity index (χ4n) is 3.30. The number of anilines is 1. The summed E-state index contributed by atoms with van der Waals surface area (Å²) >= 11 is 5.89. The summed E-state index contributed by atoms with van der Waals surface area (Å²) in [7, 11) is 0. The van der Waals surface area contributed by atoms with Crippen molar-refractivity contribution in [3.05, 3.63) is 65.2 Å². The van der Waals surface area contributed by atoms with Crippen molar-refractivity contribution >= 4 is 23.2 Å². The Bertz CT molecular complexity index is 1000. The fourth-order valence-corrected chi connectivity index (χ4v) is 3.52. The number of halogens is 2. The number of hydrogen-bond donors (Lipinski definition) is 1. The SMILES string of the molecule is O=C(COc1ccc(F)cc1Cl)Nc1ccc(-c2ncc3n2CCCC3)cc1. The topological polar surface area (TPSA) is 56.1 Å². The Morgan fingerprint density at radius 3 is 2.82 bits per heavy atom. The Morgan fingerprint density at radius 1 is 1.21 bits per heavy atom. The molecule has 0 unspecified atom stereocenters. The summed E-state index contributed by atoms with van der Waals surface area (Å²) < 4.78 is 20.6. The number of carbonyl (C=O) groups is 1. The lowest BCUT2D eigenvalue weighted by atomic mass is 10.1. The van der Waals surface area contributed by atoms with Gasteiger partial charge in [0.1, 0.15) is 17.4 Å². The summed E-state index contributed by atoms with van der Waals surface area (Å²) in [5.74, 6) is 0.437. The first kappa shape index (κ1) is 18.5. The molecular weight excluding hydrogens is 381 g/mol. The number of aromatic nitrogens is 2. The quantitative estimate of drug-likeness (QED) is 0.676. The van der Waals surface area contributed by atoms with Crippen LogP contribution in [-0.4, -0.2) is 22.1 Å². The largest absolute Gasteiger partial charge is 0.482 e. The van der Waals surface area contributed by atoms with Gasteiger partial charge < -0.3 is 14.6 Å². The number of benzene rings is 2. The van der Waals surface area contributed by atoms with Crippen molar-refractivity contribution in [2.45, 2.75) is 25.8 Å². The van der Waals surface area contributed by atoms with E-state index in [0.717, 1.165) is 30.4 Å². The van der Waals surface area contributed by atoms with Crippen LogP contribution >= 0.6 is 11.6 Å². The minimum atomic E-state index is -0.458. The minimum Gasteiger partial charge on any atom is -0.482 e. The third kappa shape index (κ3) is 4.02. The number of imidazole rings is 1. The average Bonchev–Trinajstić information content (AvgIpc) is 3.12. The van der Waals surface area contributed by atoms with Gasteiger partial charge in [-0.2, -0.15) is 0 Å². The average molecular weight is 400 g/mol. The van der Waals surface area contributed by atoms with Gasteiger partial charge in [0.2, 0.25) is 0 Å². The zero-order valence-corrected chi connectivity index (χ0v) is 15.9. The molecule has 0 spiro atoms. The first-order valence-electron chi connectivity index (χ1n) is 9.13. The van der Waals surface area contributed by atoms with Gasteiger partial charge in [-0.05, 0) is 61.7 Å². The second-order valence-corrected chi connectivity index (χ2v) is 7.08. The molecule has 28 heavy (non-hydrogen) atoms. The molecule has 0 fully saturated rings. The van der Waals surface area contributed by atoms with Gasteiger partial charge >= 0.3 is 0 Å². The highest BCUT2D eigenvalue weighted by Gasteiger charge is 2.15. The van der Waals surface area contributed by atoms with E-state index in [0.29, 0.717) is 5.69 Å². The van der Waals surface area contributed by atoms with Gasteiger partial charge in [0, 0.05) is 29.7 Å². The van der Waals surface area contributed by atoms with E-state index in [-0.39, 0.29) is 23.3 Å². The number of hydrogen-bond acceptors (Lipinski definition) is 3. The third-order valence-corrected chi connectivity index (χ3v) is 4.98. The molecule has 3 aromatic rings. The van der Waals surface area contributed by atoms with Crippen LogP contribution < -0.4 is 10.1 Å². The van der Waals surface area contributed by atoms with Crippen LogP contribution in [0, 0.1) is 5.82 Å². The number of fused-ring (bicyclic) bond motifs is 1. The van der Waals surface area contributed by atoms with E-state index < -0.39 is 5.82 Å². The van der Waals surface area contributed by atoms with Gasteiger partial charge in [0.15, 0.2) is 6.61 Å². The summed E-state index contributed by atoms with van der Waals surface area (Å²) in [5, 5.41) is 2.89. The van der Waals surface area contributed by atoms with Crippen LogP contribution in [0.15, 0.2) is 48.7 Å². The minimum absolute atomic E-state index is 0.125. The number of amides is 1. The van der Waals surface area contributed by atoms with Crippen molar-refractivity contribution in [2.24, 2.45) is 0 Å². The third-order valence-electron chi connectivity index (χ3n) is 4.68. The monoisotopic (exact) mass is 399 g/mol. The summed E-state index contributed by atoms with van der Waals surface area (Å²) in [6.07, 6.45) is 5.39. The smallest absolute Gasteiger partial charge is 0.262 e. The van der Waals surface area contributed by atoms with Crippen molar-refractivity contribution in [1.29, 1.82) is 0 Å². The maximum Gasteiger partial charge on any atom is 0.262 e. The molecular formula is C21H19ClFN3O2. The molecule has 1 aromatic heterocycles. The lowest BCUT2D eigenvalue weighted by Gasteiger charge is -2.16. The molecule has 5 nitrogen and oxygen atoms in total. The molecule has 2 aromatic carbocycles. The van der Waals surface area contributed by atoms with E-state index in [2.05, 4.69) is 14.9 Å². The highest BCUT2D eigenvalue weighted by atomic mass is 35.5. The van der Waals surface area contributed by atoms with E-state index >= 15 is 0 Å². The van der Waals surface area contributed by atoms with Gasteiger partial charge in [-0.3, -0.25) is 4.79 Å². The lowest BCUT2D eigenvalue weighted by molar-refractivity contribution is -0.118. The highest BCUT2D eigenvalue weighted by Crippen LogP contribution is 2.26. The number of carbonyl (C=O) groups excluding carboxylic acids is 1. The summed E-state index contributed by atoms with van der Waals surface area (Å²) in [6.45, 7) is 0.771. The van der Waals surface area contributed by atoms with Crippen LogP contribution in [0.1, 0.15) is 18.5 Å². The maximum atomic E-state index is 13.0. The molecule has 0 saturated carbocycles. The lowest BCUT2D eigenvalue weighted by Crippen LogP contribution is -2.20. The summed E-state index contributed by atoms with van der Waals surface area (Å²) in [4.78, 5) is 16.7.